The summed E-state index contributed by atoms with van der Waals surface area (Å²) < 4.78 is 63.3. The number of halogens is 1. The van der Waals surface area contributed by atoms with Crippen LogP contribution >= 0.6 is 11.6 Å². The van der Waals surface area contributed by atoms with Crippen molar-refractivity contribution in [1.82, 2.24) is 4.98 Å². The highest BCUT2D eigenvalue weighted by atomic mass is 35.5. The van der Waals surface area contributed by atoms with Crippen LogP contribution in [0.15, 0.2) is 48.1 Å². The van der Waals surface area contributed by atoms with Gasteiger partial charge in [0, 0.05) is 41.6 Å². The summed E-state index contributed by atoms with van der Waals surface area (Å²) in [5.41, 5.74) is 1.22. The van der Waals surface area contributed by atoms with E-state index < -0.39 is 15.6 Å². The largest absolute Gasteiger partial charge is 0.496 e. The number of pyridine rings is 1. The molecule has 0 aliphatic rings. The van der Waals surface area contributed by atoms with E-state index in [-0.39, 0.29) is 39.5 Å². The lowest BCUT2D eigenvalue weighted by atomic mass is 10.1. The Hall–Kier alpha value is -4.62. The standard InChI is InChI=1S/C30H33ClN2O10S/c1-37-19-13-24(38-2)20(25(14-19)39-3)9-11-44(35,36)17-18-12-22(30(43-7)33-16-18)32-10-8-23(34)21-15-26(40-4)28(41-5)29(42-6)27(21)31/h8-16,32H,17H2,1-7H3/b10-8+,11-9+. The monoisotopic (exact) mass is 648 g/mol. The van der Waals surface area contributed by atoms with Gasteiger partial charge in [0.2, 0.25) is 11.6 Å². The van der Waals surface area contributed by atoms with Crippen molar-refractivity contribution in [3.8, 4) is 40.4 Å². The Morgan fingerprint density at radius 1 is 0.841 bits per heavy atom. The molecule has 236 valence electrons. The Labute approximate surface area is 261 Å². The van der Waals surface area contributed by atoms with Crippen molar-refractivity contribution in [2.75, 3.05) is 55.1 Å². The SMILES string of the molecule is COc1cc(OC)c(/C=C/S(=O)(=O)Cc2cnc(OC)c(N/C=C/C(=O)c3cc(OC)c(OC)c(OC)c3Cl)c2)c(OC)c1. The Balaban J connectivity index is 1.84. The zero-order valence-corrected chi connectivity index (χ0v) is 26.8. The van der Waals surface area contributed by atoms with Crippen molar-refractivity contribution in [2.45, 2.75) is 5.75 Å². The van der Waals surface area contributed by atoms with E-state index in [1.807, 2.05) is 0 Å². The summed E-state index contributed by atoms with van der Waals surface area (Å²) in [6.45, 7) is 0. The van der Waals surface area contributed by atoms with E-state index in [9.17, 15) is 13.2 Å². The smallest absolute Gasteiger partial charge is 0.237 e. The van der Waals surface area contributed by atoms with Gasteiger partial charge in [0.25, 0.3) is 0 Å². The lowest BCUT2D eigenvalue weighted by Crippen LogP contribution is -2.04. The maximum atomic E-state index is 13.0. The van der Waals surface area contributed by atoms with Crippen molar-refractivity contribution in [1.29, 1.82) is 0 Å². The van der Waals surface area contributed by atoms with Crippen molar-refractivity contribution < 1.29 is 46.4 Å². The molecule has 3 rings (SSSR count). The van der Waals surface area contributed by atoms with E-state index in [1.54, 1.807) is 18.2 Å². The van der Waals surface area contributed by atoms with Crippen LogP contribution in [-0.4, -0.2) is 69.0 Å². The number of ether oxygens (including phenoxy) is 7. The summed E-state index contributed by atoms with van der Waals surface area (Å²) in [7, 11) is 6.28. The summed E-state index contributed by atoms with van der Waals surface area (Å²) in [5.74, 6) is 1.23. The number of methoxy groups -OCH3 is 7. The molecule has 2 aromatic carbocycles. The number of nitrogens with one attached hydrogen (secondary N) is 1. The predicted molar refractivity (Wildman–Crippen MR) is 167 cm³/mol. The van der Waals surface area contributed by atoms with Crippen LogP contribution in [0.25, 0.3) is 6.08 Å². The van der Waals surface area contributed by atoms with Crippen molar-refractivity contribution in [2.24, 2.45) is 0 Å². The highest BCUT2D eigenvalue weighted by Gasteiger charge is 2.22. The third kappa shape index (κ3) is 7.85. The van der Waals surface area contributed by atoms with Gasteiger partial charge in [0.15, 0.2) is 27.1 Å². The fraction of sp³-hybridized carbons (Fsp3) is 0.267. The summed E-state index contributed by atoms with van der Waals surface area (Å²) in [6, 6.07) is 6.23. The van der Waals surface area contributed by atoms with Crippen LogP contribution in [0.4, 0.5) is 5.69 Å². The van der Waals surface area contributed by atoms with Crippen LogP contribution in [0, 0.1) is 0 Å². The third-order valence-corrected chi connectivity index (χ3v) is 7.83. The highest BCUT2D eigenvalue weighted by Crippen LogP contribution is 2.44. The molecule has 0 radical (unpaired) electrons. The van der Waals surface area contributed by atoms with Crippen LogP contribution in [0.2, 0.25) is 5.02 Å². The molecule has 0 amide bonds. The zero-order valence-electron chi connectivity index (χ0n) is 25.2. The summed E-state index contributed by atoms with van der Waals surface area (Å²) in [6.07, 6.45) is 5.36. The average molecular weight is 649 g/mol. The lowest BCUT2D eigenvalue weighted by Gasteiger charge is -2.15. The molecular formula is C30H33ClN2O10S. The summed E-state index contributed by atoms with van der Waals surface area (Å²) in [4.78, 5) is 17.2. The van der Waals surface area contributed by atoms with E-state index in [0.717, 1.165) is 5.41 Å². The fourth-order valence-electron chi connectivity index (χ4n) is 4.09. The number of nitrogens with zero attached hydrogens (tertiary/aromatic N) is 1. The minimum atomic E-state index is -3.78. The van der Waals surface area contributed by atoms with Gasteiger partial charge in [-0.2, -0.15) is 0 Å². The molecule has 1 heterocycles. The third-order valence-electron chi connectivity index (χ3n) is 6.17. The second-order valence-electron chi connectivity index (χ2n) is 8.80. The minimum absolute atomic E-state index is 0.0455. The second kappa shape index (κ2) is 15.2. The van der Waals surface area contributed by atoms with Gasteiger partial charge < -0.3 is 38.5 Å². The maximum Gasteiger partial charge on any atom is 0.237 e. The number of carbonyl (C=O) groups excluding carboxylic acids is 1. The van der Waals surface area contributed by atoms with Crippen molar-refractivity contribution in [3.63, 3.8) is 0 Å². The Bertz CT molecular complexity index is 1650. The number of carbonyl (C=O) groups is 1. The number of sulfone groups is 1. The molecule has 1 N–H and O–H groups in total. The van der Waals surface area contributed by atoms with Gasteiger partial charge in [-0.25, -0.2) is 13.4 Å². The summed E-state index contributed by atoms with van der Waals surface area (Å²) in [5, 5.41) is 4.02. The van der Waals surface area contributed by atoms with Gasteiger partial charge in [0.1, 0.15) is 22.9 Å². The molecule has 0 spiro atoms. The maximum absolute atomic E-state index is 13.0. The molecule has 0 saturated heterocycles. The van der Waals surface area contributed by atoms with E-state index in [2.05, 4.69) is 10.3 Å². The molecule has 0 unspecified atom stereocenters. The number of allylic oxidation sites excluding steroid dienone is 1. The number of aromatic nitrogens is 1. The van der Waals surface area contributed by atoms with Crippen LogP contribution < -0.4 is 38.5 Å². The molecule has 1 aromatic heterocycles. The summed E-state index contributed by atoms with van der Waals surface area (Å²) >= 11 is 6.41. The first-order chi connectivity index (χ1) is 21.1. The molecule has 0 saturated carbocycles. The molecule has 14 heteroatoms. The van der Waals surface area contributed by atoms with Crippen LogP contribution in [-0.2, 0) is 15.6 Å². The van der Waals surface area contributed by atoms with E-state index >= 15 is 0 Å². The first-order valence-corrected chi connectivity index (χ1v) is 14.8. The zero-order chi connectivity index (χ0) is 32.4. The van der Waals surface area contributed by atoms with E-state index in [1.165, 1.54) is 80.4 Å². The highest BCUT2D eigenvalue weighted by molar-refractivity contribution is 7.93. The molecule has 0 aliphatic carbocycles. The first-order valence-electron chi connectivity index (χ1n) is 12.8. The van der Waals surface area contributed by atoms with Crippen molar-refractivity contribution >= 4 is 39.0 Å². The van der Waals surface area contributed by atoms with Gasteiger partial charge in [-0.3, -0.25) is 4.79 Å². The number of benzene rings is 2. The Morgan fingerprint density at radius 3 is 2.02 bits per heavy atom. The quantitative estimate of drug-likeness (QED) is 0.171. The molecule has 0 bridgehead atoms. The van der Waals surface area contributed by atoms with Gasteiger partial charge in [0.05, 0.1) is 66.1 Å². The van der Waals surface area contributed by atoms with E-state index in [4.69, 9.17) is 44.8 Å². The van der Waals surface area contributed by atoms with Gasteiger partial charge in [-0.05, 0) is 23.8 Å². The number of rotatable bonds is 15. The molecule has 0 aliphatic heterocycles. The van der Waals surface area contributed by atoms with Crippen LogP contribution in [0.5, 0.6) is 40.4 Å². The number of ketones is 1. The first kappa shape index (κ1) is 33.9. The van der Waals surface area contributed by atoms with Gasteiger partial charge in [-0.15, -0.1) is 0 Å². The van der Waals surface area contributed by atoms with E-state index in [0.29, 0.717) is 34.1 Å². The number of hydrogen-bond donors (Lipinski definition) is 1. The molecule has 12 nitrogen and oxygen atoms in total. The van der Waals surface area contributed by atoms with Crippen LogP contribution in [0.3, 0.4) is 0 Å². The number of anilines is 1. The van der Waals surface area contributed by atoms with Gasteiger partial charge in [-0.1, -0.05) is 11.6 Å². The topological polar surface area (TPSA) is 141 Å². The number of hydrogen-bond acceptors (Lipinski definition) is 12. The lowest BCUT2D eigenvalue weighted by molar-refractivity contribution is 0.104. The normalized spacial score (nSPS) is 11.4. The average Bonchev–Trinajstić information content (AvgIpc) is 3.02. The van der Waals surface area contributed by atoms with Gasteiger partial charge >= 0.3 is 0 Å². The Kier molecular flexibility index (Phi) is 11.7. The molecular weight excluding hydrogens is 616 g/mol. The molecule has 0 atom stereocenters. The van der Waals surface area contributed by atoms with Crippen molar-refractivity contribution in [3.05, 3.63) is 69.9 Å². The van der Waals surface area contributed by atoms with Crippen LogP contribution in [0.1, 0.15) is 21.5 Å². The molecule has 3 aromatic rings. The minimum Gasteiger partial charge on any atom is -0.496 e. The predicted octanol–water partition coefficient (Wildman–Crippen LogP) is 5.19. The molecule has 44 heavy (non-hydrogen) atoms. The fourth-order valence-corrected chi connectivity index (χ4v) is 5.46. The second-order valence-corrected chi connectivity index (χ2v) is 11.1. The molecule has 0 fully saturated rings. The Morgan fingerprint density at radius 2 is 1.48 bits per heavy atom.